The first-order valence-corrected chi connectivity index (χ1v) is 13.8. The van der Waals surface area contributed by atoms with Crippen molar-refractivity contribution in [3.63, 3.8) is 0 Å². The fourth-order valence-corrected chi connectivity index (χ4v) is 4.39. The van der Waals surface area contributed by atoms with Crippen LogP contribution in [0.4, 0.5) is 11.4 Å². The molecule has 0 saturated carbocycles. The summed E-state index contributed by atoms with van der Waals surface area (Å²) in [4.78, 5) is 86.1. The van der Waals surface area contributed by atoms with Crippen molar-refractivity contribution in [3.8, 4) is 0 Å². The first-order chi connectivity index (χ1) is 19.8. The van der Waals surface area contributed by atoms with Crippen LogP contribution in [0.15, 0.2) is 24.3 Å². The molecule has 230 valence electrons. The van der Waals surface area contributed by atoms with Crippen LogP contribution in [0.1, 0.15) is 65.7 Å². The average Bonchev–Trinajstić information content (AvgIpc) is 3.44. The van der Waals surface area contributed by atoms with Crippen molar-refractivity contribution in [1.29, 1.82) is 0 Å². The molecule has 0 bridgehead atoms. The number of aliphatic carboxylic acids is 1. The summed E-state index contributed by atoms with van der Waals surface area (Å²) >= 11 is 0. The number of unbranched alkanes of at least 4 members (excludes halogenated alkanes) is 1. The molecule has 15 heteroatoms. The maximum absolute atomic E-state index is 13.3. The molecule has 1 aliphatic heterocycles. The first-order valence-electron chi connectivity index (χ1n) is 13.8. The van der Waals surface area contributed by atoms with Crippen molar-refractivity contribution >= 4 is 46.9 Å². The predicted octanol–water partition coefficient (Wildman–Crippen LogP) is 1.07. The Hall–Kier alpha value is -4.56. The number of nitrogens with one attached hydrogen (secondary N) is 4. The smallest absolute Gasteiger partial charge is 0.303 e. The van der Waals surface area contributed by atoms with Gasteiger partial charge in [0.1, 0.15) is 24.2 Å². The van der Waals surface area contributed by atoms with Crippen LogP contribution in [0.3, 0.4) is 0 Å². The largest absolute Gasteiger partial charge is 0.481 e. The van der Waals surface area contributed by atoms with E-state index in [0.29, 0.717) is 31.4 Å². The van der Waals surface area contributed by atoms with Gasteiger partial charge in [-0.25, -0.2) is 0 Å². The zero-order chi connectivity index (χ0) is 31.4. The molecule has 0 spiro atoms. The van der Waals surface area contributed by atoms with Gasteiger partial charge in [-0.2, -0.15) is 0 Å². The number of non-ortho nitro benzene ring substituents is 1. The quantitative estimate of drug-likeness (QED) is 0.146. The van der Waals surface area contributed by atoms with Gasteiger partial charge in [0.15, 0.2) is 0 Å². The van der Waals surface area contributed by atoms with Gasteiger partial charge >= 0.3 is 5.97 Å². The standard InChI is InChI=1S/C27H38N6O9/c1-4-5-7-20(25(38)30-18-9-11-19(12-10-18)33(41)42)31-26(39)21-8-6-15-32(21)27(40)17(3)29-24(37)16(2)28-22(34)13-14-23(35)36/h9-12,16-17,20-21H,4-8,13-15H2,1-3H3,(H,28,34)(H,29,37)(H,30,38)(H,31,39)(H,35,36)/t16-,17+,20-,21-/m0/s1. The molecule has 1 heterocycles. The summed E-state index contributed by atoms with van der Waals surface area (Å²) in [6.07, 6.45) is 1.96. The van der Waals surface area contributed by atoms with Gasteiger partial charge in [-0.05, 0) is 45.2 Å². The van der Waals surface area contributed by atoms with E-state index in [-0.39, 0.29) is 25.1 Å². The van der Waals surface area contributed by atoms with E-state index in [4.69, 9.17) is 5.11 Å². The molecule has 15 nitrogen and oxygen atoms in total. The van der Waals surface area contributed by atoms with Crippen LogP contribution in [0, 0.1) is 10.1 Å². The number of nitro benzene ring substituents is 1. The molecule has 5 amide bonds. The highest BCUT2D eigenvalue weighted by molar-refractivity contribution is 5.99. The Bertz CT molecular complexity index is 1170. The number of carboxylic acid groups (broad SMARTS) is 1. The summed E-state index contributed by atoms with van der Waals surface area (Å²) < 4.78 is 0. The number of carbonyl (C=O) groups is 6. The number of nitrogens with zero attached hydrogens (tertiary/aromatic N) is 2. The minimum Gasteiger partial charge on any atom is -0.481 e. The Kier molecular flexibility index (Phi) is 12.8. The number of likely N-dealkylation sites (tertiary alicyclic amines) is 1. The van der Waals surface area contributed by atoms with Crippen molar-refractivity contribution < 1.29 is 38.8 Å². The third-order valence-electron chi connectivity index (χ3n) is 6.73. The number of carbonyl (C=O) groups excluding carboxylic acids is 5. The lowest BCUT2D eigenvalue weighted by Crippen LogP contribution is -2.56. The predicted molar refractivity (Wildman–Crippen MR) is 150 cm³/mol. The van der Waals surface area contributed by atoms with Gasteiger partial charge in [-0.1, -0.05) is 19.8 Å². The molecule has 42 heavy (non-hydrogen) atoms. The Morgan fingerprint density at radius 3 is 2.26 bits per heavy atom. The molecule has 1 aromatic rings. The molecule has 1 aromatic carbocycles. The molecular formula is C27H38N6O9. The third kappa shape index (κ3) is 10.1. The summed E-state index contributed by atoms with van der Waals surface area (Å²) in [6.45, 7) is 5.05. The van der Waals surface area contributed by atoms with Crippen molar-refractivity contribution in [2.45, 2.75) is 89.9 Å². The van der Waals surface area contributed by atoms with Gasteiger partial charge in [-0.15, -0.1) is 0 Å². The van der Waals surface area contributed by atoms with E-state index in [1.807, 2.05) is 6.92 Å². The van der Waals surface area contributed by atoms with Gasteiger partial charge in [0.25, 0.3) is 5.69 Å². The fraction of sp³-hybridized carbons (Fsp3) is 0.556. The van der Waals surface area contributed by atoms with Crippen molar-refractivity contribution in [2.75, 3.05) is 11.9 Å². The fourth-order valence-electron chi connectivity index (χ4n) is 4.39. The lowest BCUT2D eigenvalue weighted by Gasteiger charge is -2.29. The molecule has 1 fully saturated rings. The first kappa shape index (κ1) is 33.6. The molecule has 0 aromatic heterocycles. The SMILES string of the molecule is CCCC[C@H](NC(=O)[C@@H]1CCCN1C(=O)[C@@H](C)NC(=O)[C@H](C)NC(=O)CCC(=O)O)C(=O)Nc1ccc([N+](=O)[O-])cc1. The molecule has 5 N–H and O–H groups in total. The van der Waals surface area contributed by atoms with Gasteiger partial charge in [0.2, 0.25) is 29.5 Å². The molecule has 1 saturated heterocycles. The monoisotopic (exact) mass is 590 g/mol. The molecule has 0 aliphatic carbocycles. The van der Waals surface area contributed by atoms with Crippen LogP contribution in [-0.2, 0) is 28.8 Å². The Labute approximate surface area is 242 Å². The topological polar surface area (TPSA) is 217 Å². The highest BCUT2D eigenvalue weighted by Crippen LogP contribution is 2.20. The number of carboxylic acids is 1. The van der Waals surface area contributed by atoms with E-state index in [0.717, 1.165) is 6.42 Å². The Morgan fingerprint density at radius 2 is 1.67 bits per heavy atom. The van der Waals surface area contributed by atoms with E-state index in [1.54, 1.807) is 0 Å². The molecular weight excluding hydrogens is 552 g/mol. The van der Waals surface area contributed by atoms with Gasteiger partial charge in [0, 0.05) is 30.8 Å². The molecule has 2 rings (SSSR count). The summed E-state index contributed by atoms with van der Waals surface area (Å²) in [5, 5.41) is 29.8. The van der Waals surface area contributed by atoms with E-state index in [2.05, 4.69) is 21.3 Å². The van der Waals surface area contributed by atoms with Gasteiger partial charge in [0.05, 0.1) is 11.3 Å². The molecule has 0 radical (unpaired) electrons. The van der Waals surface area contributed by atoms with Crippen LogP contribution in [0.2, 0.25) is 0 Å². The zero-order valence-corrected chi connectivity index (χ0v) is 23.9. The van der Waals surface area contributed by atoms with Crippen LogP contribution >= 0.6 is 0 Å². The minimum atomic E-state index is -1.15. The van der Waals surface area contributed by atoms with Crippen molar-refractivity contribution in [1.82, 2.24) is 20.9 Å². The number of anilines is 1. The van der Waals surface area contributed by atoms with E-state index >= 15 is 0 Å². The molecule has 4 atom stereocenters. The van der Waals surface area contributed by atoms with E-state index in [9.17, 15) is 38.9 Å². The highest BCUT2D eigenvalue weighted by Gasteiger charge is 2.38. The van der Waals surface area contributed by atoms with Crippen molar-refractivity contribution in [2.24, 2.45) is 0 Å². The number of benzene rings is 1. The average molecular weight is 591 g/mol. The van der Waals surface area contributed by atoms with Crippen LogP contribution in [0.5, 0.6) is 0 Å². The molecule has 1 aliphatic rings. The van der Waals surface area contributed by atoms with Crippen LogP contribution in [-0.4, -0.2) is 81.1 Å². The summed E-state index contributed by atoms with van der Waals surface area (Å²) in [5.41, 5.74) is 0.200. The van der Waals surface area contributed by atoms with Crippen molar-refractivity contribution in [3.05, 3.63) is 34.4 Å². The number of hydrogen-bond donors (Lipinski definition) is 5. The lowest BCUT2D eigenvalue weighted by atomic mass is 10.1. The Balaban J connectivity index is 2.00. The summed E-state index contributed by atoms with van der Waals surface area (Å²) in [5.74, 6) is -3.94. The van der Waals surface area contributed by atoms with E-state index < -0.39 is 64.6 Å². The second kappa shape index (κ2) is 16.0. The normalized spacial score (nSPS) is 16.5. The van der Waals surface area contributed by atoms with Crippen LogP contribution in [0.25, 0.3) is 0 Å². The zero-order valence-electron chi connectivity index (χ0n) is 23.9. The lowest BCUT2D eigenvalue weighted by molar-refractivity contribution is -0.384. The highest BCUT2D eigenvalue weighted by atomic mass is 16.6. The van der Waals surface area contributed by atoms with Gasteiger partial charge in [-0.3, -0.25) is 38.9 Å². The second-order valence-electron chi connectivity index (χ2n) is 10.1. The maximum Gasteiger partial charge on any atom is 0.303 e. The number of hydrogen-bond acceptors (Lipinski definition) is 8. The summed E-state index contributed by atoms with van der Waals surface area (Å²) in [7, 11) is 0. The Morgan fingerprint density at radius 1 is 1.00 bits per heavy atom. The van der Waals surface area contributed by atoms with Gasteiger partial charge < -0.3 is 31.3 Å². The van der Waals surface area contributed by atoms with E-state index in [1.165, 1.54) is 43.0 Å². The maximum atomic E-state index is 13.3. The third-order valence-corrected chi connectivity index (χ3v) is 6.73. The second-order valence-corrected chi connectivity index (χ2v) is 10.1. The number of rotatable bonds is 15. The number of nitro groups is 1. The number of amides is 5. The summed E-state index contributed by atoms with van der Waals surface area (Å²) in [6, 6.07) is 1.48. The van der Waals surface area contributed by atoms with Crippen LogP contribution < -0.4 is 21.3 Å². The minimum absolute atomic E-state index is 0.129. The molecule has 0 unspecified atom stereocenters.